The fourth-order valence-electron chi connectivity index (χ4n) is 1.07. The molecular formula is C9H20N2O2. The van der Waals surface area contributed by atoms with Gasteiger partial charge in [-0.1, -0.05) is 13.8 Å². The highest BCUT2D eigenvalue weighted by molar-refractivity contribution is 5.80. The van der Waals surface area contributed by atoms with Crippen LogP contribution in [0.2, 0.25) is 0 Å². The number of hydrogen-bond donors (Lipinski definition) is 3. The van der Waals surface area contributed by atoms with Crippen LogP contribution in [-0.2, 0) is 4.79 Å². The first kappa shape index (κ1) is 12.4. The molecule has 78 valence electrons. The Hall–Kier alpha value is -0.610. The molecule has 0 aromatic rings. The van der Waals surface area contributed by atoms with Crippen LogP contribution < -0.4 is 10.6 Å². The largest absolute Gasteiger partial charge is 0.395 e. The van der Waals surface area contributed by atoms with Gasteiger partial charge in [-0.05, 0) is 12.8 Å². The first-order valence-corrected chi connectivity index (χ1v) is 4.61. The molecular weight excluding hydrogens is 168 g/mol. The maximum absolute atomic E-state index is 11.1. The Bertz CT molecular complexity index is 160. The lowest BCUT2D eigenvalue weighted by Gasteiger charge is -2.23. The van der Waals surface area contributed by atoms with E-state index in [0.717, 1.165) is 0 Å². The summed E-state index contributed by atoms with van der Waals surface area (Å²) in [5, 5.41) is 14.6. The van der Waals surface area contributed by atoms with E-state index in [0.29, 0.717) is 5.92 Å². The first-order valence-electron chi connectivity index (χ1n) is 4.61. The fourth-order valence-corrected chi connectivity index (χ4v) is 1.07. The molecule has 1 amide bonds. The van der Waals surface area contributed by atoms with Gasteiger partial charge in [-0.3, -0.25) is 4.79 Å². The van der Waals surface area contributed by atoms with Gasteiger partial charge in [-0.15, -0.1) is 0 Å². The highest BCUT2D eigenvalue weighted by atomic mass is 16.3. The fraction of sp³-hybridized carbons (Fsp3) is 0.889. The molecule has 2 unspecified atom stereocenters. The molecule has 0 saturated carbocycles. The summed E-state index contributed by atoms with van der Waals surface area (Å²) in [6.07, 6.45) is 0. The maximum Gasteiger partial charge on any atom is 0.236 e. The van der Waals surface area contributed by atoms with Gasteiger partial charge >= 0.3 is 0 Å². The summed E-state index contributed by atoms with van der Waals surface area (Å²) in [5.74, 6) is 0.260. The Morgan fingerprint density at radius 2 is 1.92 bits per heavy atom. The topological polar surface area (TPSA) is 61.4 Å². The van der Waals surface area contributed by atoms with Crippen LogP contribution in [0.1, 0.15) is 20.8 Å². The second kappa shape index (κ2) is 5.94. The minimum absolute atomic E-state index is 0.0210. The van der Waals surface area contributed by atoms with Gasteiger partial charge in [-0.2, -0.15) is 0 Å². The Balaban J connectivity index is 4.00. The average molecular weight is 188 g/mol. The molecule has 0 bridgehead atoms. The summed E-state index contributed by atoms with van der Waals surface area (Å²) in [6.45, 7) is 5.85. The zero-order valence-electron chi connectivity index (χ0n) is 8.79. The Morgan fingerprint density at radius 3 is 2.23 bits per heavy atom. The molecule has 3 N–H and O–H groups in total. The van der Waals surface area contributed by atoms with E-state index in [-0.39, 0.29) is 24.6 Å². The van der Waals surface area contributed by atoms with Crippen LogP contribution >= 0.6 is 0 Å². The molecule has 0 aliphatic heterocycles. The van der Waals surface area contributed by atoms with Crippen molar-refractivity contribution in [2.45, 2.75) is 32.9 Å². The Morgan fingerprint density at radius 1 is 1.38 bits per heavy atom. The van der Waals surface area contributed by atoms with Crippen LogP contribution in [-0.4, -0.2) is 36.8 Å². The quantitative estimate of drug-likeness (QED) is 0.556. The highest BCUT2D eigenvalue weighted by Gasteiger charge is 2.18. The molecule has 0 spiro atoms. The average Bonchev–Trinajstić information content (AvgIpc) is 2.11. The predicted octanol–water partition coefficient (Wildman–Crippen LogP) is -0.273. The van der Waals surface area contributed by atoms with Crippen LogP contribution in [0.25, 0.3) is 0 Å². The summed E-state index contributed by atoms with van der Waals surface area (Å²) in [4.78, 5) is 11.1. The number of likely N-dealkylation sites (N-methyl/N-ethyl adjacent to an activating group) is 1. The lowest BCUT2D eigenvalue weighted by molar-refractivity contribution is -0.122. The summed E-state index contributed by atoms with van der Waals surface area (Å²) in [7, 11) is 1.60. The van der Waals surface area contributed by atoms with Crippen LogP contribution in [0.5, 0.6) is 0 Å². The van der Waals surface area contributed by atoms with Crippen molar-refractivity contribution in [3.8, 4) is 0 Å². The van der Waals surface area contributed by atoms with Gasteiger partial charge < -0.3 is 15.7 Å². The normalized spacial score (nSPS) is 15.5. The minimum atomic E-state index is -0.260. The first-order chi connectivity index (χ1) is 6.02. The van der Waals surface area contributed by atoms with Gasteiger partial charge in [-0.25, -0.2) is 0 Å². The Labute approximate surface area is 79.7 Å². The third-order valence-electron chi connectivity index (χ3n) is 2.11. The second-order valence-electron chi connectivity index (χ2n) is 3.54. The lowest BCUT2D eigenvalue weighted by atomic mass is 10.0. The summed E-state index contributed by atoms with van der Waals surface area (Å²) < 4.78 is 0. The summed E-state index contributed by atoms with van der Waals surface area (Å²) in [5.41, 5.74) is 0. The summed E-state index contributed by atoms with van der Waals surface area (Å²) in [6, 6.07) is -0.281. The van der Waals surface area contributed by atoms with Crippen molar-refractivity contribution < 1.29 is 9.90 Å². The molecule has 0 aromatic carbocycles. The zero-order chi connectivity index (χ0) is 10.4. The van der Waals surface area contributed by atoms with Crippen molar-refractivity contribution in [2.75, 3.05) is 13.7 Å². The van der Waals surface area contributed by atoms with E-state index in [1.54, 1.807) is 14.0 Å². The van der Waals surface area contributed by atoms with E-state index in [4.69, 9.17) is 5.11 Å². The number of aliphatic hydroxyl groups is 1. The molecule has 0 fully saturated rings. The van der Waals surface area contributed by atoms with E-state index in [1.165, 1.54) is 0 Å². The highest BCUT2D eigenvalue weighted by Crippen LogP contribution is 2.01. The maximum atomic E-state index is 11.1. The number of nitrogens with one attached hydrogen (secondary N) is 2. The van der Waals surface area contributed by atoms with Gasteiger partial charge in [0, 0.05) is 13.1 Å². The monoisotopic (exact) mass is 188 g/mol. The smallest absolute Gasteiger partial charge is 0.236 e. The molecule has 0 heterocycles. The Kier molecular flexibility index (Phi) is 5.66. The van der Waals surface area contributed by atoms with Crippen molar-refractivity contribution in [1.82, 2.24) is 10.6 Å². The SMILES string of the molecule is CNC(=O)C(C)NC(CO)C(C)C. The van der Waals surface area contributed by atoms with Gasteiger partial charge in [0.15, 0.2) is 0 Å². The molecule has 4 nitrogen and oxygen atoms in total. The van der Waals surface area contributed by atoms with Crippen molar-refractivity contribution in [2.24, 2.45) is 5.92 Å². The minimum Gasteiger partial charge on any atom is -0.395 e. The number of carbonyl (C=O) groups excluding carboxylic acids is 1. The van der Waals surface area contributed by atoms with Gasteiger partial charge in [0.2, 0.25) is 5.91 Å². The van der Waals surface area contributed by atoms with Gasteiger partial charge in [0.1, 0.15) is 0 Å². The third kappa shape index (κ3) is 4.24. The molecule has 0 aliphatic carbocycles. The van der Waals surface area contributed by atoms with Crippen LogP contribution in [0.3, 0.4) is 0 Å². The van der Waals surface area contributed by atoms with E-state index < -0.39 is 0 Å². The van der Waals surface area contributed by atoms with Crippen molar-refractivity contribution in [3.05, 3.63) is 0 Å². The predicted molar refractivity (Wildman–Crippen MR) is 52.4 cm³/mol. The third-order valence-corrected chi connectivity index (χ3v) is 2.11. The zero-order valence-corrected chi connectivity index (χ0v) is 8.79. The van der Waals surface area contributed by atoms with Crippen LogP contribution in [0, 0.1) is 5.92 Å². The summed E-state index contributed by atoms with van der Waals surface area (Å²) >= 11 is 0. The molecule has 2 atom stereocenters. The number of aliphatic hydroxyl groups excluding tert-OH is 1. The second-order valence-corrected chi connectivity index (χ2v) is 3.54. The molecule has 0 aliphatic rings. The van der Waals surface area contributed by atoms with Gasteiger partial charge in [0.25, 0.3) is 0 Å². The van der Waals surface area contributed by atoms with Crippen molar-refractivity contribution >= 4 is 5.91 Å². The number of rotatable bonds is 5. The lowest BCUT2D eigenvalue weighted by Crippen LogP contribution is -2.48. The molecule has 4 heteroatoms. The molecule has 0 rings (SSSR count). The van der Waals surface area contributed by atoms with Crippen molar-refractivity contribution in [1.29, 1.82) is 0 Å². The van der Waals surface area contributed by atoms with E-state index in [1.807, 2.05) is 13.8 Å². The molecule has 0 radical (unpaired) electrons. The standard InChI is InChI=1S/C9H20N2O2/c1-6(2)8(5-12)11-7(3)9(13)10-4/h6-8,11-12H,5H2,1-4H3,(H,10,13). The van der Waals surface area contributed by atoms with Gasteiger partial charge in [0.05, 0.1) is 12.6 Å². The number of hydrogen-bond acceptors (Lipinski definition) is 3. The number of amides is 1. The van der Waals surface area contributed by atoms with E-state index in [9.17, 15) is 4.79 Å². The molecule has 0 aromatic heterocycles. The van der Waals surface area contributed by atoms with Crippen LogP contribution in [0.15, 0.2) is 0 Å². The molecule has 0 saturated heterocycles. The number of carbonyl (C=O) groups is 1. The van der Waals surface area contributed by atoms with E-state index in [2.05, 4.69) is 10.6 Å². The van der Waals surface area contributed by atoms with Crippen LogP contribution in [0.4, 0.5) is 0 Å². The molecule has 13 heavy (non-hydrogen) atoms. The van der Waals surface area contributed by atoms with Crippen molar-refractivity contribution in [3.63, 3.8) is 0 Å². The van der Waals surface area contributed by atoms with E-state index >= 15 is 0 Å².